The number of fused-ring (bicyclic) bond motifs is 1. The van der Waals surface area contributed by atoms with Crippen molar-refractivity contribution in [2.24, 2.45) is 0 Å². The number of hydrogen-bond acceptors (Lipinski definition) is 4. The summed E-state index contributed by atoms with van der Waals surface area (Å²) in [4.78, 5) is 4.74. The number of rotatable bonds is 1. The Bertz CT molecular complexity index is 387. The number of hydrogen-bond donors (Lipinski definition) is 0. The van der Waals surface area contributed by atoms with Gasteiger partial charge in [-0.15, -0.1) is 0 Å². The summed E-state index contributed by atoms with van der Waals surface area (Å²) in [5.74, 6) is 1.73. The van der Waals surface area contributed by atoms with Gasteiger partial charge in [0.05, 0.1) is 0 Å². The molecule has 2 heterocycles. The third kappa shape index (κ3) is 1.69. The summed E-state index contributed by atoms with van der Waals surface area (Å²) in [7, 11) is 2.16. The Hall–Kier alpha value is -1.42. The van der Waals surface area contributed by atoms with Crippen molar-refractivity contribution in [2.45, 2.75) is 0 Å². The first-order chi connectivity index (χ1) is 7.83. The SMILES string of the molecule is CN1CCN(c2ccc3c(c2)OCO3)CC1. The summed E-state index contributed by atoms with van der Waals surface area (Å²) in [5.41, 5.74) is 1.23. The van der Waals surface area contributed by atoms with Crippen LogP contribution in [0, 0.1) is 0 Å². The van der Waals surface area contributed by atoms with Gasteiger partial charge in [0.1, 0.15) is 0 Å². The van der Waals surface area contributed by atoms with Crippen molar-refractivity contribution in [3.05, 3.63) is 18.2 Å². The fourth-order valence-corrected chi connectivity index (χ4v) is 2.15. The number of benzene rings is 1. The van der Waals surface area contributed by atoms with Crippen molar-refractivity contribution < 1.29 is 9.47 Å². The molecule has 0 N–H and O–H groups in total. The summed E-state index contributed by atoms with van der Waals surface area (Å²) >= 11 is 0. The second-order valence-corrected chi connectivity index (χ2v) is 4.33. The minimum absolute atomic E-state index is 0.349. The fraction of sp³-hybridized carbons (Fsp3) is 0.500. The Morgan fingerprint density at radius 1 is 1.00 bits per heavy atom. The topological polar surface area (TPSA) is 24.9 Å². The van der Waals surface area contributed by atoms with Gasteiger partial charge in [-0.3, -0.25) is 0 Å². The number of nitrogens with zero attached hydrogens (tertiary/aromatic N) is 2. The zero-order valence-corrected chi connectivity index (χ0v) is 9.48. The van der Waals surface area contributed by atoms with Crippen molar-refractivity contribution in [2.75, 3.05) is 44.9 Å². The summed E-state index contributed by atoms with van der Waals surface area (Å²) in [6.45, 7) is 4.75. The van der Waals surface area contributed by atoms with E-state index in [-0.39, 0.29) is 0 Å². The third-order valence-corrected chi connectivity index (χ3v) is 3.22. The van der Waals surface area contributed by atoms with Gasteiger partial charge in [0.25, 0.3) is 0 Å². The number of anilines is 1. The van der Waals surface area contributed by atoms with E-state index in [1.54, 1.807) is 0 Å². The Labute approximate surface area is 95.4 Å². The molecule has 0 unspecified atom stereocenters. The Kier molecular flexibility index (Phi) is 2.36. The molecule has 0 radical (unpaired) electrons. The molecule has 1 saturated heterocycles. The molecule has 0 amide bonds. The first-order valence-electron chi connectivity index (χ1n) is 5.66. The average molecular weight is 220 g/mol. The van der Waals surface area contributed by atoms with E-state index in [1.807, 2.05) is 6.07 Å². The maximum Gasteiger partial charge on any atom is 0.231 e. The molecule has 4 nitrogen and oxygen atoms in total. The minimum atomic E-state index is 0.349. The highest BCUT2D eigenvalue weighted by atomic mass is 16.7. The molecule has 16 heavy (non-hydrogen) atoms. The zero-order valence-electron chi connectivity index (χ0n) is 9.48. The molecule has 0 spiro atoms. The predicted molar refractivity (Wildman–Crippen MR) is 62.3 cm³/mol. The molecule has 4 heteroatoms. The third-order valence-electron chi connectivity index (χ3n) is 3.22. The monoisotopic (exact) mass is 220 g/mol. The predicted octanol–water partition coefficient (Wildman–Crippen LogP) is 1.17. The molecule has 1 fully saturated rings. The van der Waals surface area contributed by atoms with E-state index in [4.69, 9.17) is 9.47 Å². The molecule has 0 saturated carbocycles. The molecule has 86 valence electrons. The molecule has 1 aromatic rings. The number of piperazine rings is 1. The van der Waals surface area contributed by atoms with Crippen molar-refractivity contribution in [3.63, 3.8) is 0 Å². The van der Waals surface area contributed by atoms with Gasteiger partial charge in [-0.25, -0.2) is 0 Å². The lowest BCUT2D eigenvalue weighted by molar-refractivity contribution is 0.174. The maximum absolute atomic E-state index is 5.39. The van der Waals surface area contributed by atoms with Gasteiger partial charge in [0.15, 0.2) is 11.5 Å². The molecule has 0 bridgehead atoms. The highest BCUT2D eigenvalue weighted by molar-refractivity contribution is 5.57. The molecule has 2 aliphatic rings. The van der Waals surface area contributed by atoms with Crippen molar-refractivity contribution >= 4 is 5.69 Å². The normalized spacial score (nSPS) is 20.2. The highest BCUT2D eigenvalue weighted by Gasteiger charge is 2.18. The molecule has 0 atom stereocenters. The van der Waals surface area contributed by atoms with Crippen LogP contribution in [-0.2, 0) is 0 Å². The van der Waals surface area contributed by atoms with E-state index in [1.165, 1.54) is 5.69 Å². The smallest absolute Gasteiger partial charge is 0.231 e. The lowest BCUT2D eigenvalue weighted by atomic mass is 10.2. The van der Waals surface area contributed by atoms with Gasteiger partial charge >= 0.3 is 0 Å². The van der Waals surface area contributed by atoms with Crippen LogP contribution < -0.4 is 14.4 Å². The second-order valence-electron chi connectivity index (χ2n) is 4.33. The number of likely N-dealkylation sites (N-methyl/N-ethyl adjacent to an activating group) is 1. The van der Waals surface area contributed by atoms with Gasteiger partial charge in [0, 0.05) is 37.9 Å². The van der Waals surface area contributed by atoms with E-state index >= 15 is 0 Å². The first kappa shape index (κ1) is 9.78. The van der Waals surface area contributed by atoms with Crippen LogP contribution in [0.1, 0.15) is 0 Å². The van der Waals surface area contributed by atoms with Gasteiger partial charge in [-0.05, 0) is 19.2 Å². The van der Waals surface area contributed by atoms with E-state index < -0.39 is 0 Å². The largest absolute Gasteiger partial charge is 0.454 e. The van der Waals surface area contributed by atoms with Crippen molar-refractivity contribution in [1.29, 1.82) is 0 Å². The van der Waals surface area contributed by atoms with Crippen LogP contribution in [-0.4, -0.2) is 44.9 Å². The van der Waals surface area contributed by atoms with E-state index in [9.17, 15) is 0 Å². The van der Waals surface area contributed by atoms with Gasteiger partial charge in [-0.2, -0.15) is 0 Å². The fourth-order valence-electron chi connectivity index (χ4n) is 2.15. The highest BCUT2D eigenvalue weighted by Crippen LogP contribution is 2.35. The molecular formula is C12H16N2O2. The summed E-state index contributed by atoms with van der Waals surface area (Å²) < 4.78 is 10.7. The van der Waals surface area contributed by atoms with Crippen LogP contribution in [0.25, 0.3) is 0 Å². The van der Waals surface area contributed by atoms with Crippen LogP contribution in [0.5, 0.6) is 11.5 Å². The maximum atomic E-state index is 5.39. The van der Waals surface area contributed by atoms with Crippen molar-refractivity contribution in [1.82, 2.24) is 4.90 Å². The van der Waals surface area contributed by atoms with E-state index in [0.717, 1.165) is 37.7 Å². The molecule has 1 aromatic carbocycles. The van der Waals surface area contributed by atoms with Gasteiger partial charge < -0.3 is 19.3 Å². The summed E-state index contributed by atoms with van der Waals surface area (Å²) in [6, 6.07) is 6.18. The molecular weight excluding hydrogens is 204 g/mol. The standard InChI is InChI=1S/C12H16N2O2/c1-13-4-6-14(7-5-13)10-2-3-11-12(8-10)16-9-15-11/h2-3,8H,4-7,9H2,1H3. The number of ether oxygens (including phenoxy) is 2. The lowest BCUT2D eigenvalue weighted by Crippen LogP contribution is -2.44. The Morgan fingerprint density at radius 2 is 1.75 bits per heavy atom. The van der Waals surface area contributed by atoms with E-state index in [0.29, 0.717) is 6.79 Å². The lowest BCUT2D eigenvalue weighted by Gasteiger charge is -2.34. The van der Waals surface area contributed by atoms with Crippen LogP contribution in [0.3, 0.4) is 0 Å². The van der Waals surface area contributed by atoms with Crippen LogP contribution in [0.4, 0.5) is 5.69 Å². The summed E-state index contributed by atoms with van der Waals surface area (Å²) in [6.07, 6.45) is 0. The van der Waals surface area contributed by atoms with Gasteiger partial charge in [0.2, 0.25) is 6.79 Å². The Balaban J connectivity index is 1.79. The van der Waals surface area contributed by atoms with Gasteiger partial charge in [-0.1, -0.05) is 0 Å². The zero-order chi connectivity index (χ0) is 11.0. The molecule has 0 aromatic heterocycles. The minimum Gasteiger partial charge on any atom is -0.454 e. The Morgan fingerprint density at radius 3 is 2.56 bits per heavy atom. The van der Waals surface area contributed by atoms with E-state index in [2.05, 4.69) is 29.0 Å². The van der Waals surface area contributed by atoms with Crippen LogP contribution in [0.2, 0.25) is 0 Å². The molecule has 0 aliphatic carbocycles. The average Bonchev–Trinajstić information content (AvgIpc) is 2.77. The van der Waals surface area contributed by atoms with Crippen LogP contribution in [0.15, 0.2) is 18.2 Å². The molecule has 2 aliphatic heterocycles. The summed E-state index contributed by atoms with van der Waals surface area (Å²) in [5, 5.41) is 0. The molecule has 3 rings (SSSR count). The second kappa shape index (κ2) is 3.87. The van der Waals surface area contributed by atoms with Crippen LogP contribution >= 0.6 is 0 Å². The quantitative estimate of drug-likeness (QED) is 0.709. The first-order valence-corrected chi connectivity index (χ1v) is 5.66. The van der Waals surface area contributed by atoms with Crippen molar-refractivity contribution in [3.8, 4) is 11.5 Å².